The smallest absolute Gasteiger partial charge is 0.140 e. The molecule has 1 aromatic rings. The van der Waals surface area contributed by atoms with Gasteiger partial charge in [0, 0.05) is 12.7 Å². The highest BCUT2D eigenvalue weighted by Crippen LogP contribution is 2.08. The second kappa shape index (κ2) is 7.19. The van der Waals surface area contributed by atoms with Gasteiger partial charge in [-0.1, -0.05) is 19.8 Å². The number of nitrogen functional groups attached to an aromatic ring is 1. The summed E-state index contributed by atoms with van der Waals surface area (Å²) in [4.78, 5) is 6.41. The molecule has 0 aliphatic rings. The van der Waals surface area contributed by atoms with Gasteiger partial charge in [0.1, 0.15) is 5.82 Å². The van der Waals surface area contributed by atoms with E-state index >= 15 is 0 Å². The highest BCUT2D eigenvalue weighted by molar-refractivity contribution is 5.35. The highest BCUT2D eigenvalue weighted by Gasteiger charge is 2.01. The van der Waals surface area contributed by atoms with Crippen LogP contribution >= 0.6 is 0 Å². The molecular formula is C12H22N4. The van der Waals surface area contributed by atoms with E-state index in [2.05, 4.69) is 29.3 Å². The molecular weight excluding hydrogens is 200 g/mol. The maximum Gasteiger partial charge on any atom is 0.140 e. The minimum absolute atomic E-state index is 0.722. The van der Waals surface area contributed by atoms with E-state index in [1.54, 1.807) is 6.20 Å². The Labute approximate surface area is 97.8 Å². The third-order valence-corrected chi connectivity index (χ3v) is 2.57. The quantitative estimate of drug-likeness (QED) is 0.421. The summed E-state index contributed by atoms with van der Waals surface area (Å²) < 4.78 is 0. The minimum Gasteiger partial charge on any atom is -0.308 e. The molecule has 0 aromatic carbocycles. The molecule has 0 atom stereocenters. The average molecular weight is 222 g/mol. The van der Waals surface area contributed by atoms with Crippen LogP contribution in [0.5, 0.6) is 0 Å². The van der Waals surface area contributed by atoms with E-state index in [9.17, 15) is 0 Å². The number of nitrogens with one attached hydrogen (secondary N) is 1. The lowest BCUT2D eigenvalue weighted by Crippen LogP contribution is -2.19. The molecule has 16 heavy (non-hydrogen) atoms. The summed E-state index contributed by atoms with van der Waals surface area (Å²) in [6, 6.07) is 4.01. The summed E-state index contributed by atoms with van der Waals surface area (Å²) in [7, 11) is 2.14. The zero-order valence-electron chi connectivity index (χ0n) is 10.2. The third-order valence-electron chi connectivity index (χ3n) is 2.57. The normalized spacial score (nSPS) is 10.8. The minimum atomic E-state index is 0.722. The predicted octanol–water partition coefficient (Wildman–Crippen LogP) is 1.99. The number of rotatable bonds is 7. The van der Waals surface area contributed by atoms with Crippen molar-refractivity contribution >= 4 is 5.82 Å². The fourth-order valence-corrected chi connectivity index (χ4v) is 1.67. The molecule has 0 saturated heterocycles. The van der Waals surface area contributed by atoms with Crippen molar-refractivity contribution in [3.8, 4) is 0 Å². The van der Waals surface area contributed by atoms with Gasteiger partial charge in [-0.05, 0) is 37.7 Å². The summed E-state index contributed by atoms with van der Waals surface area (Å²) in [6.07, 6.45) is 5.62. The molecule has 0 spiro atoms. The number of hydrogen-bond donors (Lipinski definition) is 2. The molecule has 0 bridgehead atoms. The van der Waals surface area contributed by atoms with E-state index in [1.165, 1.54) is 24.8 Å². The van der Waals surface area contributed by atoms with E-state index < -0.39 is 0 Å². The van der Waals surface area contributed by atoms with Crippen LogP contribution < -0.4 is 11.3 Å². The lowest BCUT2D eigenvalue weighted by Gasteiger charge is -2.16. The van der Waals surface area contributed by atoms with Crippen LogP contribution in [-0.2, 0) is 6.54 Å². The van der Waals surface area contributed by atoms with Crippen molar-refractivity contribution in [1.29, 1.82) is 0 Å². The summed E-state index contributed by atoms with van der Waals surface area (Å²) in [5.74, 6) is 6.04. The number of anilines is 1. The van der Waals surface area contributed by atoms with Crippen molar-refractivity contribution in [2.24, 2.45) is 5.84 Å². The number of hydrogen-bond acceptors (Lipinski definition) is 4. The first-order valence-corrected chi connectivity index (χ1v) is 5.86. The summed E-state index contributed by atoms with van der Waals surface area (Å²) in [5.41, 5.74) is 3.80. The molecule has 0 amide bonds. The molecule has 0 aliphatic carbocycles. The Morgan fingerprint density at radius 1 is 1.44 bits per heavy atom. The van der Waals surface area contributed by atoms with Gasteiger partial charge in [-0.2, -0.15) is 0 Å². The Kier molecular flexibility index (Phi) is 5.82. The SMILES string of the molecule is CCCCCN(C)Cc1ccnc(NN)c1. The van der Waals surface area contributed by atoms with Crippen LogP contribution in [0.1, 0.15) is 31.7 Å². The van der Waals surface area contributed by atoms with Crippen LogP contribution in [0.3, 0.4) is 0 Å². The maximum atomic E-state index is 5.32. The topological polar surface area (TPSA) is 54.2 Å². The molecule has 1 rings (SSSR count). The predicted molar refractivity (Wildman–Crippen MR) is 67.9 cm³/mol. The molecule has 0 saturated carbocycles. The Morgan fingerprint density at radius 3 is 2.94 bits per heavy atom. The van der Waals surface area contributed by atoms with E-state index in [0.717, 1.165) is 18.9 Å². The van der Waals surface area contributed by atoms with Gasteiger partial charge in [0.05, 0.1) is 0 Å². The molecule has 90 valence electrons. The van der Waals surface area contributed by atoms with Crippen LogP contribution in [0.15, 0.2) is 18.3 Å². The van der Waals surface area contributed by atoms with Gasteiger partial charge in [0.25, 0.3) is 0 Å². The number of nitrogens with zero attached hydrogens (tertiary/aromatic N) is 2. The molecule has 0 fully saturated rings. The van der Waals surface area contributed by atoms with Gasteiger partial charge in [0.2, 0.25) is 0 Å². The van der Waals surface area contributed by atoms with Gasteiger partial charge in [-0.25, -0.2) is 10.8 Å². The zero-order chi connectivity index (χ0) is 11.8. The summed E-state index contributed by atoms with van der Waals surface area (Å²) in [6.45, 7) is 4.31. The average Bonchev–Trinajstić information content (AvgIpc) is 2.29. The fourth-order valence-electron chi connectivity index (χ4n) is 1.67. The first-order valence-electron chi connectivity index (χ1n) is 5.86. The second-order valence-electron chi connectivity index (χ2n) is 4.14. The number of hydrazine groups is 1. The Hall–Kier alpha value is -1.13. The Bertz CT molecular complexity index is 301. The molecule has 4 nitrogen and oxygen atoms in total. The largest absolute Gasteiger partial charge is 0.308 e. The molecule has 0 unspecified atom stereocenters. The zero-order valence-corrected chi connectivity index (χ0v) is 10.2. The van der Waals surface area contributed by atoms with Crippen LogP contribution in [0.4, 0.5) is 5.82 Å². The molecule has 1 heterocycles. The standard InChI is InChI=1S/C12H22N4/c1-3-4-5-8-16(2)10-11-6-7-14-12(9-11)15-13/h6-7,9H,3-5,8,10,13H2,1-2H3,(H,14,15). The maximum absolute atomic E-state index is 5.32. The van der Waals surface area contributed by atoms with Crippen LogP contribution in [0.2, 0.25) is 0 Å². The van der Waals surface area contributed by atoms with Crippen molar-refractivity contribution in [2.45, 2.75) is 32.7 Å². The fraction of sp³-hybridized carbons (Fsp3) is 0.583. The lowest BCUT2D eigenvalue weighted by molar-refractivity contribution is 0.318. The van der Waals surface area contributed by atoms with Crippen molar-refractivity contribution in [3.63, 3.8) is 0 Å². The van der Waals surface area contributed by atoms with Gasteiger partial charge < -0.3 is 10.3 Å². The first-order chi connectivity index (χ1) is 7.76. The van der Waals surface area contributed by atoms with Crippen LogP contribution in [0.25, 0.3) is 0 Å². The first kappa shape index (κ1) is 12.9. The van der Waals surface area contributed by atoms with E-state index in [4.69, 9.17) is 5.84 Å². The molecule has 3 N–H and O–H groups in total. The molecule has 1 aromatic heterocycles. The Morgan fingerprint density at radius 2 is 2.25 bits per heavy atom. The highest BCUT2D eigenvalue weighted by atomic mass is 15.2. The van der Waals surface area contributed by atoms with E-state index in [-0.39, 0.29) is 0 Å². The van der Waals surface area contributed by atoms with Gasteiger partial charge in [-0.15, -0.1) is 0 Å². The van der Waals surface area contributed by atoms with E-state index in [1.807, 2.05) is 12.1 Å². The van der Waals surface area contributed by atoms with E-state index in [0.29, 0.717) is 0 Å². The number of pyridine rings is 1. The van der Waals surface area contributed by atoms with Gasteiger partial charge in [-0.3, -0.25) is 0 Å². The lowest BCUT2D eigenvalue weighted by atomic mass is 10.2. The molecule has 0 radical (unpaired) electrons. The summed E-state index contributed by atoms with van der Waals surface area (Å²) >= 11 is 0. The Balaban J connectivity index is 2.39. The second-order valence-corrected chi connectivity index (χ2v) is 4.14. The van der Waals surface area contributed by atoms with Crippen molar-refractivity contribution in [3.05, 3.63) is 23.9 Å². The van der Waals surface area contributed by atoms with Crippen molar-refractivity contribution < 1.29 is 0 Å². The van der Waals surface area contributed by atoms with Crippen LogP contribution in [-0.4, -0.2) is 23.5 Å². The van der Waals surface area contributed by atoms with Crippen LogP contribution in [0, 0.1) is 0 Å². The van der Waals surface area contributed by atoms with Crippen molar-refractivity contribution in [1.82, 2.24) is 9.88 Å². The monoisotopic (exact) mass is 222 g/mol. The van der Waals surface area contributed by atoms with Gasteiger partial charge >= 0.3 is 0 Å². The van der Waals surface area contributed by atoms with Crippen molar-refractivity contribution in [2.75, 3.05) is 19.0 Å². The summed E-state index contributed by atoms with van der Waals surface area (Å²) in [5, 5.41) is 0. The van der Waals surface area contributed by atoms with Gasteiger partial charge in [0.15, 0.2) is 0 Å². The molecule has 4 heteroatoms. The number of aromatic nitrogens is 1. The molecule has 0 aliphatic heterocycles. The number of nitrogens with two attached hydrogens (primary N) is 1. The number of unbranched alkanes of at least 4 members (excludes halogenated alkanes) is 2. The third kappa shape index (κ3) is 4.59.